The molecule has 5 heteroatoms. The number of piperidine rings is 1. The van der Waals surface area contributed by atoms with Crippen molar-refractivity contribution < 1.29 is 14.3 Å². The molecule has 3 saturated heterocycles. The molecule has 8 rings (SSSR count). The van der Waals surface area contributed by atoms with E-state index in [1.54, 1.807) is 7.11 Å². The van der Waals surface area contributed by atoms with Gasteiger partial charge in [-0.05, 0) is 66.8 Å². The van der Waals surface area contributed by atoms with Crippen molar-refractivity contribution in [2.45, 2.75) is 67.9 Å². The Hall–Kier alpha value is -2.21. The van der Waals surface area contributed by atoms with Gasteiger partial charge in [-0.15, -0.1) is 0 Å². The molecular weight excluding hydrogens is 436 g/mol. The van der Waals surface area contributed by atoms with Crippen molar-refractivity contribution >= 4 is 5.78 Å². The minimum atomic E-state index is -0.543. The van der Waals surface area contributed by atoms with Gasteiger partial charge in [0.1, 0.15) is 11.4 Å². The Bertz CT molecular complexity index is 1200. The fourth-order valence-electron chi connectivity index (χ4n) is 9.01. The lowest BCUT2D eigenvalue weighted by Gasteiger charge is -2.63. The van der Waals surface area contributed by atoms with E-state index in [0.717, 1.165) is 50.6 Å². The van der Waals surface area contributed by atoms with Crippen molar-refractivity contribution in [1.29, 1.82) is 0 Å². The van der Waals surface area contributed by atoms with Gasteiger partial charge in [0.15, 0.2) is 5.78 Å². The summed E-state index contributed by atoms with van der Waals surface area (Å²) in [7, 11) is 1.73. The van der Waals surface area contributed by atoms with Gasteiger partial charge in [0.2, 0.25) is 0 Å². The predicted molar refractivity (Wildman–Crippen MR) is 132 cm³/mol. The van der Waals surface area contributed by atoms with Gasteiger partial charge in [-0.2, -0.15) is 0 Å². The molecule has 2 aromatic rings. The van der Waals surface area contributed by atoms with Crippen LogP contribution in [0.3, 0.4) is 0 Å². The molecule has 5 nitrogen and oxygen atoms in total. The second-order valence-corrected chi connectivity index (χ2v) is 11.9. The van der Waals surface area contributed by atoms with Crippen LogP contribution in [0.1, 0.15) is 42.4 Å². The quantitative estimate of drug-likeness (QED) is 0.668. The summed E-state index contributed by atoms with van der Waals surface area (Å²) in [4.78, 5) is 19.8. The SMILES string of the molecule is COc1ccc2c(c1)[C@]13C(=O)CN(CC4CC4)[C@H](C2)[C@]12CC[C@@H]1[C@H]3[C@@H](CN1Cc1ccccc1)O2. The first kappa shape index (κ1) is 20.9. The van der Waals surface area contributed by atoms with Crippen LogP contribution in [0, 0.1) is 11.8 Å². The number of fused-ring (bicyclic) bond motifs is 1. The zero-order chi connectivity index (χ0) is 23.4. The molecule has 2 aromatic carbocycles. The summed E-state index contributed by atoms with van der Waals surface area (Å²) in [5.74, 6) is 2.26. The highest BCUT2D eigenvalue weighted by Gasteiger charge is 2.80. The second kappa shape index (κ2) is 7.18. The molecule has 35 heavy (non-hydrogen) atoms. The highest BCUT2D eigenvalue weighted by Crippen LogP contribution is 2.68. The van der Waals surface area contributed by atoms with Gasteiger partial charge in [0.05, 0.1) is 25.2 Å². The van der Waals surface area contributed by atoms with Crippen molar-refractivity contribution in [2.75, 3.05) is 26.7 Å². The van der Waals surface area contributed by atoms with Crippen LogP contribution in [0.25, 0.3) is 0 Å². The molecule has 0 radical (unpaired) electrons. The van der Waals surface area contributed by atoms with E-state index in [0.29, 0.717) is 24.4 Å². The number of carbonyl (C=O) groups excluding carboxylic acids is 1. The van der Waals surface area contributed by atoms with E-state index in [4.69, 9.17) is 9.47 Å². The van der Waals surface area contributed by atoms with E-state index in [-0.39, 0.29) is 17.6 Å². The number of hydrogen-bond acceptors (Lipinski definition) is 5. The number of ketones is 1. The minimum Gasteiger partial charge on any atom is -0.497 e. The second-order valence-electron chi connectivity index (χ2n) is 11.9. The van der Waals surface area contributed by atoms with Crippen LogP contribution >= 0.6 is 0 Å². The summed E-state index contributed by atoms with van der Waals surface area (Å²) in [6, 6.07) is 18.0. The largest absolute Gasteiger partial charge is 0.497 e. The van der Waals surface area contributed by atoms with Gasteiger partial charge in [-0.1, -0.05) is 36.4 Å². The topological polar surface area (TPSA) is 42.0 Å². The van der Waals surface area contributed by atoms with E-state index < -0.39 is 5.41 Å². The van der Waals surface area contributed by atoms with Crippen molar-refractivity contribution in [2.24, 2.45) is 11.8 Å². The summed E-state index contributed by atoms with van der Waals surface area (Å²) in [6.45, 7) is 3.50. The highest BCUT2D eigenvalue weighted by molar-refractivity contribution is 5.97. The van der Waals surface area contributed by atoms with Crippen LogP contribution < -0.4 is 4.74 Å². The summed E-state index contributed by atoms with van der Waals surface area (Å²) in [5.41, 5.74) is 2.98. The number of carbonyl (C=O) groups is 1. The molecule has 0 unspecified atom stereocenters. The van der Waals surface area contributed by atoms with Crippen LogP contribution in [0.5, 0.6) is 5.75 Å². The number of benzene rings is 2. The molecule has 3 heterocycles. The molecule has 0 amide bonds. The first-order valence-corrected chi connectivity index (χ1v) is 13.5. The van der Waals surface area contributed by atoms with Gasteiger partial charge >= 0.3 is 0 Å². The molecule has 182 valence electrons. The Morgan fingerprint density at radius 2 is 1.94 bits per heavy atom. The number of nitrogens with zero attached hydrogens (tertiary/aromatic N) is 2. The molecule has 6 aliphatic rings. The van der Waals surface area contributed by atoms with Crippen molar-refractivity contribution in [3.05, 3.63) is 65.2 Å². The molecule has 0 spiro atoms. The number of methoxy groups -OCH3 is 1. The highest BCUT2D eigenvalue weighted by atomic mass is 16.5. The maximum absolute atomic E-state index is 14.6. The molecular formula is C30H34N2O3. The van der Waals surface area contributed by atoms with E-state index in [2.05, 4.69) is 58.3 Å². The Morgan fingerprint density at radius 1 is 1.09 bits per heavy atom. The predicted octanol–water partition coefficient (Wildman–Crippen LogP) is 3.58. The van der Waals surface area contributed by atoms with Crippen molar-refractivity contribution in [3.8, 4) is 5.75 Å². The van der Waals surface area contributed by atoms with Gasteiger partial charge in [-0.3, -0.25) is 14.6 Å². The third kappa shape index (κ3) is 2.62. The fourth-order valence-corrected chi connectivity index (χ4v) is 9.01. The van der Waals surface area contributed by atoms with Gasteiger partial charge in [-0.25, -0.2) is 0 Å². The average Bonchev–Trinajstić information content (AvgIpc) is 3.58. The Kier molecular flexibility index (Phi) is 4.29. The third-order valence-corrected chi connectivity index (χ3v) is 10.4. The maximum Gasteiger partial charge on any atom is 0.160 e. The number of ether oxygens (including phenoxy) is 2. The third-order valence-electron chi connectivity index (χ3n) is 10.4. The van der Waals surface area contributed by atoms with Gasteiger partial charge in [0.25, 0.3) is 0 Å². The first-order valence-electron chi connectivity index (χ1n) is 13.5. The molecule has 0 N–H and O–H groups in total. The van der Waals surface area contributed by atoms with Crippen LogP contribution in [0.2, 0.25) is 0 Å². The number of Topliss-reactive ketones (excluding diaryl/α,β-unsaturated/α-hetero) is 1. The van der Waals surface area contributed by atoms with Crippen molar-refractivity contribution in [1.82, 2.24) is 9.80 Å². The monoisotopic (exact) mass is 470 g/mol. The molecule has 5 fully saturated rings. The average molecular weight is 471 g/mol. The smallest absolute Gasteiger partial charge is 0.160 e. The Morgan fingerprint density at radius 3 is 2.74 bits per heavy atom. The fraction of sp³-hybridized carbons (Fsp3) is 0.567. The van der Waals surface area contributed by atoms with E-state index in [1.165, 1.54) is 29.5 Å². The Labute approximate surface area is 207 Å². The van der Waals surface area contributed by atoms with Crippen LogP contribution in [-0.2, 0) is 27.9 Å². The van der Waals surface area contributed by atoms with Crippen LogP contribution in [0.4, 0.5) is 0 Å². The molecule has 2 saturated carbocycles. The molecule has 3 aliphatic carbocycles. The lowest BCUT2D eigenvalue weighted by molar-refractivity contribution is -0.181. The lowest BCUT2D eigenvalue weighted by Crippen LogP contribution is -2.77. The van der Waals surface area contributed by atoms with Crippen LogP contribution in [-0.4, -0.2) is 66.1 Å². The van der Waals surface area contributed by atoms with Gasteiger partial charge in [0, 0.05) is 37.6 Å². The normalized spacial score (nSPS) is 39.4. The molecule has 4 bridgehead atoms. The van der Waals surface area contributed by atoms with E-state index in [1.807, 2.05) is 0 Å². The summed E-state index contributed by atoms with van der Waals surface area (Å²) in [6.07, 6.45) is 5.83. The van der Waals surface area contributed by atoms with E-state index >= 15 is 0 Å². The molecule has 0 aromatic heterocycles. The minimum absolute atomic E-state index is 0.121. The molecule has 6 atom stereocenters. The maximum atomic E-state index is 14.6. The zero-order valence-electron chi connectivity index (χ0n) is 20.5. The summed E-state index contributed by atoms with van der Waals surface area (Å²) >= 11 is 0. The van der Waals surface area contributed by atoms with Crippen LogP contribution in [0.15, 0.2) is 48.5 Å². The number of rotatable bonds is 5. The van der Waals surface area contributed by atoms with Crippen molar-refractivity contribution in [3.63, 3.8) is 0 Å². The summed E-state index contributed by atoms with van der Waals surface area (Å²) in [5, 5.41) is 0. The summed E-state index contributed by atoms with van der Waals surface area (Å²) < 4.78 is 13.0. The number of hydrogen-bond donors (Lipinski definition) is 0. The lowest BCUT2D eigenvalue weighted by atomic mass is 9.46. The Balaban J connectivity index is 1.27. The van der Waals surface area contributed by atoms with E-state index in [9.17, 15) is 4.79 Å². The molecule has 3 aliphatic heterocycles. The first-order chi connectivity index (χ1) is 17.1. The number of likely N-dealkylation sites (tertiary alicyclic amines) is 2. The standard InChI is InChI=1S/C30H34N2O3/c1-34-22-10-9-21-13-26-29-12-11-24-28(25(35-29)17-31(24)15-19-5-3-2-4-6-19)30(29,23(21)14-22)27(33)18-32(26)16-20-7-8-20/h2-6,9-10,14,20,24-26,28H,7-8,11-13,15-18H2,1H3/t24-,25-,26-,28+,29-,30-/m1/s1. The van der Waals surface area contributed by atoms with Gasteiger partial charge < -0.3 is 9.47 Å². The zero-order valence-corrected chi connectivity index (χ0v) is 20.5.